The van der Waals surface area contributed by atoms with Gasteiger partial charge in [0.25, 0.3) is 5.91 Å². The van der Waals surface area contributed by atoms with Crippen molar-refractivity contribution in [3.63, 3.8) is 0 Å². The molecule has 0 radical (unpaired) electrons. The third kappa shape index (κ3) is 3.91. The molecule has 2 amide bonds. The summed E-state index contributed by atoms with van der Waals surface area (Å²) in [7, 11) is 3.10. The van der Waals surface area contributed by atoms with Crippen LogP contribution in [0.1, 0.15) is 10.4 Å². The molecule has 2 aliphatic heterocycles. The summed E-state index contributed by atoms with van der Waals surface area (Å²) in [6.07, 6.45) is 0. The second-order valence-electron chi connectivity index (χ2n) is 6.27. The lowest BCUT2D eigenvalue weighted by Gasteiger charge is -2.37. The van der Waals surface area contributed by atoms with Gasteiger partial charge in [0.1, 0.15) is 17.5 Å². The first-order chi connectivity index (χ1) is 12.6. The van der Waals surface area contributed by atoms with Crippen LogP contribution in [0, 0.1) is 0 Å². The Balaban J connectivity index is 1.61. The smallest absolute Gasteiger partial charge is 0.257 e. The number of ether oxygens (including phenoxy) is 3. The lowest BCUT2D eigenvalue weighted by Crippen LogP contribution is -2.57. The Morgan fingerprint density at radius 1 is 1.12 bits per heavy atom. The number of benzene rings is 1. The third-order valence-corrected chi connectivity index (χ3v) is 4.74. The summed E-state index contributed by atoms with van der Waals surface area (Å²) >= 11 is 0. The summed E-state index contributed by atoms with van der Waals surface area (Å²) in [5, 5.41) is 3.18. The van der Waals surface area contributed by atoms with Gasteiger partial charge in [-0.3, -0.25) is 9.59 Å². The van der Waals surface area contributed by atoms with Gasteiger partial charge in [0.05, 0.1) is 33.0 Å². The first kappa shape index (κ1) is 18.5. The zero-order chi connectivity index (χ0) is 18.5. The molecule has 8 heteroatoms. The normalized spacial score (nSPS) is 20.6. The van der Waals surface area contributed by atoms with Crippen LogP contribution in [0.5, 0.6) is 11.5 Å². The maximum absolute atomic E-state index is 12.8. The number of nitrogens with zero attached hydrogens (tertiary/aromatic N) is 2. The van der Waals surface area contributed by atoms with Crippen LogP contribution in [0.25, 0.3) is 0 Å². The molecule has 2 fully saturated rings. The third-order valence-electron chi connectivity index (χ3n) is 4.74. The zero-order valence-electron chi connectivity index (χ0n) is 15.2. The van der Waals surface area contributed by atoms with Crippen LogP contribution >= 0.6 is 0 Å². The maximum Gasteiger partial charge on any atom is 0.257 e. The first-order valence-corrected chi connectivity index (χ1v) is 8.75. The molecule has 26 heavy (non-hydrogen) atoms. The largest absolute Gasteiger partial charge is 0.497 e. The number of methoxy groups -OCH3 is 2. The van der Waals surface area contributed by atoms with Crippen molar-refractivity contribution in [2.75, 3.05) is 60.2 Å². The molecule has 1 aromatic carbocycles. The van der Waals surface area contributed by atoms with Crippen LogP contribution in [0.3, 0.4) is 0 Å². The first-order valence-electron chi connectivity index (χ1n) is 8.75. The van der Waals surface area contributed by atoms with Crippen molar-refractivity contribution in [1.82, 2.24) is 15.1 Å². The molecular weight excluding hydrogens is 338 g/mol. The van der Waals surface area contributed by atoms with E-state index in [0.29, 0.717) is 63.0 Å². The number of carbonyl (C=O) groups excluding carboxylic acids is 2. The lowest BCUT2D eigenvalue weighted by molar-refractivity contribution is -0.137. The molecule has 2 heterocycles. The van der Waals surface area contributed by atoms with Crippen LogP contribution in [0.15, 0.2) is 18.2 Å². The molecule has 0 spiro atoms. The summed E-state index contributed by atoms with van der Waals surface area (Å²) in [5.41, 5.74) is 0.496. The average molecular weight is 363 g/mol. The highest BCUT2D eigenvalue weighted by atomic mass is 16.5. The Kier molecular flexibility index (Phi) is 5.95. The topological polar surface area (TPSA) is 80.3 Å². The van der Waals surface area contributed by atoms with Crippen molar-refractivity contribution in [2.24, 2.45) is 0 Å². The highest BCUT2D eigenvalue weighted by molar-refractivity contribution is 5.97. The van der Waals surface area contributed by atoms with E-state index in [2.05, 4.69) is 5.32 Å². The molecule has 142 valence electrons. The summed E-state index contributed by atoms with van der Waals surface area (Å²) in [4.78, 5) is 28.9. The molecule has 2 saturated heterocycles. The van der Waals surface area contributed by atoms with E-state index in [1.165, 1.54) is 7.11 Å². The molecule has 1 N–H and O–H groups in total. The number of rotatable bonds is 4. The minimum Gasteiger partial charge on any atom is -0.497 e. The minimum atomic E-state index is -0.285. The quantitative estimate of drug-likeness (QED) is 0.810. The summed E-state index contributed by atoms with van der Waals surface area (Å²) in [5.74, 6) is 1.06. The van der Waals surface area contributed by atoms with Crippen LogP contribution in [-0.4, -0.2) is 87.8 Å². The molecule has 1 unspecified atom stereocenters. The number of hydrogen-bond donors (Lipinski definition) is 1. The highest BCUT2D eigenvalue weighted by Gasteiger charge is 2.31. The lowest BCUT2D eigenvalue weighted by atomic mass is 10.1. The van der Waals surface area contributed by atoms with E-state index < -0.39 is 0 Å². The number of nitrogens with one attached hydrogen (secondary N) is 1. The van der Waals surface area contributed by atoms with E-state index in [1.54, 1.807) is 35.1 Å². The molecule has 3 rings (SSSR count). The molecule has 0 aliphatic carbocycles. The molecule has 0 aromatic heterocycles. The predicted molar refractivity (Wildman–Crippen MR) is 94.6 cm³/mol. The standard InChI is InChI=1S/C18H25N3O5/c1-24-13-3-4-14(16(11-13)25-2)17(22)20-6-8-21(9-7-20)18(23)15-12-26-10-5-19-15/h3-4,11,15,19H,5-10,12H2,1-2H3. The van der Waals surface area contributed by atoms with Crippen LogP contribution in [0.2, 0.25) is 0 Å². The van der Waals surface area contributed by atoms with Gasteiger partial charge in [0, 0.05) is 38.8 Å². The molecule has 1 aromatic rings. The number of hydrogen-bond acceptors (Lipinski definition) is 6. The number of carbonyl (C=O) groups is 2. The van der Waals surface area contributed by atoms with Gasteiger partial charge in [-0.05, 0) is 12.1 Å². The van der Waals surface area contributed by atoms with Gasteiger partial charge in [0.15, 0.2) is 0 Å². The Hall–Kier alpha value is -2.32. The molecule has 1 atom stereocenters. The number of morpholine rings is 1. The van der Waals surface area contributed by atoms with Crippen molar-refractivity contribution in [2.45, 2.75) is 6.04 Å². The van der Waals surface area contributed by atoms with Crippen molar-refractivity contribution < 1.29 is 23.8 Å². The van der Waals surface area contributed by atoms with Gasteiger partial charge >= 0.3 is 0 Å². The predicted octanol–water partition coefficient (Wildman–Crippen LogP) is -0.0234. The van der Waals surface area contributed by atoms with Crippen molar-refractivity contribution >= 4 is 11.8 Å². The van der Waals surface area contributed by atoms with E-state index >= 15 is 0 Å². The van der Waals surface area contributed by atoms with Crippen LogP contribution < -0.4 is 14.8 Å². The Labute approximate surface area is 153 Å². The molecular formula is C18H25N3O5. The number of piperazine rings is 1. The van der Waals surface area contributed by atoms with E-state index in [9.17, 15) is 9.59 Å². The highest BCUT2D eigenvalue weighted by Crippen LogP contribution is 2.26. The molecule has 8 nitrogen and oxygen atoms in total. The Morgan fingerprint density at radius 3 is 2.46 bits per heavy atom. The van der Waals surface area contributed by atoms with E-state index in [0.717, 1.165) is 0 Å². The van der Waals surface area contributed by atoms with Gasteiger partial charge in [-0.1, -0.05) is 0 Å². The fourth-order valence-electron chi connectivity index (χ4n) is 3.22. The van der Waals surface area contributed by atoms with Gasteiger partial charge in [0.2, 0.25) is 5.91 Å². The summed E-state index contributed by atoms with van der Waals surface area (Å²) < 4.78 is 15.9. The molecule has 0 saturated carbocycles. The monoisotopic (exact) mass is 363 g/mol. The van der Waals surface area contributed by atoms with Gasteiger partial charge < -0.3 is 29.3 Å². The summed E-state index contributed by atoms with van der Waals surface area (Å²) in [6, 6.07) is 4.86. The minimum absolute atomic E-state index is 0.0406. The van der Waals surface area contributed by atoms with Gasteiger partial charge in [-0.25, -0.2) is 0 Å². The fourth-order valence-corrected chi connectivity index (χ4v) is 3.22. The Morgan fingerprint density at radius 2 is 1.85 bits per heavy atom. The second-order valence-corrected chi connectivity index (χ2v) is 6.27. The van der Waals surface area contributed by atoms with Crippen LogP contribution in [0.4, 0.5) is 0 Å². The van der Waals surface area contributed by atoms with Crippen molar-refractivity contribution in [1.29, 1.82) is 0 Å². The maximum atomic E-state index is 12.8. The number of amides is 2. The van der Waals surface area contributed by atoms with Gasteiger partial charge in [-0.2, -0.15) is 0 Å². The second kappa shape index (κ2) is 8.37. The zero-order valence-corrected chi connectivity index (χ0v) is 15.2. The van der Waals surface area contributed by atoms with E-state index in [4.69, 9.17) is 14.2 Å². The molecule has 2 aliphatic rings. The van der Waals surface area contributed by atoms with E-state index in [1.807, 2.05) is 0 Å². The van der Waals surface area contributed by atoms with Crippen molar-refractivity contribution in [3.05, 3.63) is 23.8 Å². The van der Waals surface area contributed by atoms with Gasteiger partial charge in [-0.15, -0.1) is 0 Å². The Bertz CT molecular complexity index is 652. The van der Waals surface area contributed by atoms with E-state index in [-0.39, 0.29) is 17.9 Å². The van der Waals surface area contributed by atoms with Crippen LogP contribution in [-0.2, 0) is 9.53 Å². The summed E-state index contributed by atoms with van der Waals surface area (Å²) in [6.45, 7) is 3.74. The molecule has 0 bridgehead atoms. The average Bonchev–Trinajstić information content (AvgIpc) is 2.73. The fraction of sp³-hybridized carbons (Fsp3) is 0.556. The van der Waals surface area contributed by atoms with Crippen molar-refractivity contribution in [3.8, 4) is 11.5 Å². The SMILES string of the molecule is COc1ccc(C(=O)N2CCN(C(=O)C3COCCN3)CC2)c(OC)c1.